The van der Waals surface area contributed by atoms with E-state index in [1.54, 1.807) is 25.4 Å². The maximum atomic E-state index is 9.17. The first kappa shape index (κ1) is 12.2. The minimum Gasteiger partial charge on any atom is -0.508 e. The van der Waals surface area contributed by atoms with Crippen molar-refractivity contribution in [1.82, 2.24) is 4.98 Å². The van der Waals surface area contributed by atoms with Crippen LogP contribution in [0.4, 0.5) is 5.82 Å². The zero-order valence-electron chi connectivity index (χ0n) is 10.3. The van der Waals surface area contributed by atoms with E-state index in [0.29, 0.717) is 5.75 Å². The lowest BCUT2D eigenvalue weighted by molar-refractivity contribution is 0.413. The fraction of sp³-hybridized carbons (Fsp3) is 0.214. The van der Waals surface area contributed by atoms with Crippen LogP contribution >= 0.6 is 0 Å². The predicted octanol–water partition coefficient (Wildman–Crippen LogP) is 2.45. The van der Waals surface area contributed by atoms with Gasteiger partial charge in [0.05, 0.1) is 13.3 Å². The Bertz CT molecular complexity index is 480. The first-order valence-corrected chi connectivity index (χ1v) is 5.80. The second-order valence-electron chi connectivity index (χ2n) is 3.93. The smallest absolute Gasteiger partial charge is 0.137 e. The lowest BCUT2D eigenvalue weighted by atomic mass is 10.1. The van der Waals surface area contributed by atoms with Gasteiger partial charge in [0.15, 0.2) is 0 Å². The normalized spacial score (nSPS) is 10.1. The van der Waals surface area contributed by atoms with Gasteiger partial charge < -0.3 is 15.2 Å². The number of hydrogen-bond acceptors (Lipinski definition) is 4. The Morgan fingerprint density at radius 1 is 1.17 bits per heavy atom. The number of phenolic OH excluding ortho intramolecular Hbond substituents is 1. The molecular weight excluding hydrogens is 228 g/mol. The van der Waals surface area contributed by atoms with E-state index in [1.807, 2.05) is 24.3 Å². The number of nitrogens with one attached hydrogen (secondary N) is 1. The SMILES string of the molecule is COc1ccc(NCCc2ccc(O)cc2)nc1. The van der Waals surface area contributed by atoms with Crippen molar-refractivity contribution in [3.05, 3.63) is 48.2 Å². The molecule has 0 radical (unpaired) electrons. The van der Waals surface area contributed by atoms with Crippen LogP contribution in [0.5, 0.6) is 11.5 Å². The summed E-state index contributed by atoms with van der Waals surface area (Å²) in [6.07, 6.45) is 2.57. The van der Waals surface area contributed by atoms with Gasteiger partial charge in [-0.05, 0) is 36.2 Å². The molecule has 0 amide bonds. The van der Waals surface area contributed by atoms with E-state index in [0.717, 1.165) is 24.5 Å². The minimum absolute atomic E-state index is 0.295. The molecule has 0 fully saturated rings. The van der Waals surface area contributed by atoms with Crippen molar-refractivity contribution in [2.75, 3.05) is 19.0 Å². The molecule has 0 aliphatic rings. The molecule has 1 aromatic heterocycles. The first-order valence-electron chi connectivity index (χ1n) is 5.80. The molecule has 0 atom stereocenters. The molecule has 0 saturated carbocycles. The summed E-state index contributed by atoms with van der Waals surface area (Å²) >= 11 is 0. The topological polar surface area (TPSA) is 54.4 Å². The summed E-state index contributed by atoms with van der Waals surface area (Å²) in [5, 5.41) is 12.4. The number of ether oxygens (including phenoxy) is 1. The molecule has 0 aliphatic carbocycles. The van der Waals surface area contributed by atoms with E-state index in [4.69, 9.17) is 4.74 Å². The monoisotopic (exact) mass is 244 g/mol. The number of hydrogen-bond donors (Lipinski definition) is 2. The molecule has 94 valence electrons. The van der Waals surface area contributed by atoms with Gasteiger partial charge in [0, 0.05) is 6.54 Å². The van der Waals surface area contributed by atoms with Crippen LogP contribution in [-0.4, -0.2) is 23.7 Å². The molecular formula is C14H16N2O2. The number of aromatic hydroxyl groups is 1. The van der Waals surface area contributed by atoms with E-state index in [2.05, 4.69) is 10.3 Å². The molecule has 0 unspecified atom stereocenters. The van der Waals surface area contributed by atoms with Crippen molar-refractivity contribution in [2.24, 2.45) is 0 Å². The minimum atomic E-state index is 0.295. The van der Waals surface area contributed by atoms with Crippen molar-refractivity contribution < 1.29 is 9.84 Å². The summed E-state index contributed by atoms with van der Waals surface area (Å²) in [7, 11) is 1.62. The largest absolute Gasteiger partial charge is 0.508 e. The third-order valence-corrected chi connectivity index (χ3v) is 2.63. The highest BCUT2D eigenvalue weighted by molar-refractivity contribution is 5.37. The van der Waals surface area contributed by atoms with Crippen molar-refractivity contribution in [3.8, 4) is 11.5 Å². The lowest BCUT2D eigenvalue weighted by Gasteiger charge is -2.06. The van der Waals surface area contributed by atoms with Crippen LogP contribution in [0.25, 0.3) is 0 Å². The number of anilines is 1. The zero-order chi connectivity index (χ0) is 12.8. The van der Waals surface area contributed by atoms with Gasteiger partial charge in [-0.3, -0.25) is 0 Å². The van der Waals surface area contributed by atoms with E-state index >= 15 is 0 Å². The number of rotatable bonds is 5. The van der Waals surface area contributed by atoms with Crippen LogP contribution in [-0.2, 0) is 6.42 Å². The van der Waals surface area contributed by atoms with Crippen molar-refractivity contribution in [2.45, 2.75) is 6.42 Å². The van der Waals surface area contributed by atoms with E-state index in [-0.39, 0.29) is 0 Å². The van der Waals surface area contributed by atoms with Crippen molar-refractivity contribution in [3.63, 3.8) is 0 Å². The average Bonchev–Trinajstić information content (AvgIpc) is 2.42. The Balaban J connectivity index is 1.82. The van der Waals surface area contributed by atoms with Gasteiger partial charge in [-0.2, -0.15) is 0 Å². The highest BCUT2D eigenvalue weighted by Gasteiger charge is 1.96. The van der Waals surface area contributed by atoms with Crippen molar-refractivity contribution in [1.29, 1.82) is 0 Å². The van der Waals surface area contributed by atoms with Crippen molar-refractivity contribution >= 4 is 5.82 Å². The molecule has 4 heteroatoms. The van der Waals surface area contributed by atoms with Crippen LogP contribution in [0.3, 0.4) is 0 Å². The highest BCUT2D eigenvalue weighted by Crippen LogP contribution is 2.12. The molecule has 4 nitrogen and oxygen atoms in total. The molecule has 2 rings (SSSR count). The van der Waals surface area contributed by atoms with Gasteiger partial charge in [0.25, 0.3) is 0 Å². The number of benzene rings is 1. The van der Waals surface area contributed by atoms with Gasteiger partial charge in [-0.25, -0.2) is 4.98 Å². The summed E-state index contributed by atoms with van der Waals surface area (Å²) in [4.78, 5) is 4.22. The number of aromatic nitrogens is 1. The molecule has 0 aliphatic heterocycles. The Labute approximate surface area is 106 Å². The molecule has 2 aromatic rings. The Hall–Kier alpha value is -2.23. The second-order valence-corrected chi connectivity index (χ2v) is 3.93. The third-order valence-electron chi connectivity index (χ3n) is 2.63. The van der Waals surface area contributed by atoms with Crippen LogP contribution < -0.4 is 10.1 Å². The van der Waals surface area contributed by atoms with Crippen LogP contribution in [0.15, 0.2) is 42.6 Å². The molecule has 0 bridgehead atoms. The van der Waals surface area contributed by atoms with E-state index in [9.17, 15) is 5.11 Å². The van der Waals surface area contributed by atoms with E-state index < -0.39 is 0 Å². The zero-order valence-corrected chi connectivity index (χ0v) is 10.3. The maximum Gasteiger partial charge on any atom is 0.137 e. The quantitative estimate of drug-likeness (QED) is 0.848. The fourth-order valence-electron chi connectivity index (χ4n) is 1.60. The molecule has 0 spiro atoms. The Morgan fingerprint density at radius 3 is 2.56 bits per heavy atom. The lowest BCUT2D eigenvalue weighted by Crippen LogP contribution is -2.06. The third kappa shape index (κ3) is 3.38. The number of phenols is 1. The summed E-state index contributed by atoms with van der Waals surface area (Å²) in [6, 6.07) is 11.0. The summed E-state index contributed by atoms with van der Waals surface area (Å²) in [5.74, 6) is 1.87. The van der Waals surface area contributed by atoms with Crippen LogP contribution in [0.2, 0.25) is 0 Å². The van der Waals surface area contributed by atoms with Gasteiger partial charge >= 0.3 is 0 Å². The Kier molecular flexibility index (Phi) is 4.02. The number of methoxy groups -OCH3 is 1. The molecule has 1 aromatic carbocycles. The Morgan fingerprint density at radius 2 is 1.94 bits per heavy atom. The summed E-state index contributed by atoms with van der Waals surface area (Å²) in [5.41, 5.74) is 1.17. The van der Waals surface area contributed by atoms with E-state index in [1.165, 1.54) is 5.56 Å². The van der Waals surface area contributed by atoms with Gasteiger partial charge in [0.1, 0.15) is 17.3 Å². The number of pyridine rings is 1. The maximum absolute atomic E-state index is 9.17. The van der Waals surface area contributed by atoms with Crippen LogP contribution in [0.1, 0.15) is 5.56 Å². The molecule has 0 saturated heterocycles. The first-order chi connectivity index (χ1) is 8.78. The fourth-order valence-corrected chi connectivity index (χ4v) is 1.60. The van der Waals surface area contributed by atoms with Gasteiger partial charge in [-0.1, -0.05) is 12.1 Å². The average molecular weight is 244 g/mol. The highest BCUT2D eigenvalue weighted by atomic mass is 16.5. The molecule has 1 heterocycles. The summed E-state index contributed by atoms with van der Waals surface area (Å²) in [6.45, 7) is 0.796. The number of nitrogens with zero attached hydrogens (tertiary/aromatic N) is 1. The summed E-state index contributed by atoms with van der Waals surface area (Å²) < 4.78 is 5.04. The predicted molar refractivity (Wildman–Crippen MR) is 71.1 cm³/mol. The standard InChI is InChI=1S/C14H16N2O2/c1-18-13-6-7-14(16-10-13)15-9-8-11-2-4-12(17)5-3-11/h2-7,10,17H,8-9H2,1H3,(H,15,16). The molecule has 2 N–H and O–H groups in total. The van der Waals surface area contributed by atoms with Gasteiger partial charge in [-0.15, -0.1) is 0 Å². The van der Waals surface area contributed by atoms with Gasteiger partial charge in [0.2, 0.25) is 0 Å². The second kappa shape index (κ2) is 5.91. The molecule has 18 heavy (non-hydrogen) atoms. The van der Waals surface area contributed by atoms with Crippen LogP contribution in [0, 0.1) is 0 Å².